The van der Waals surface area contributed by atoms with Gasteiger partial charge in [0, 0.05) is 37.0 Å². The fourth-order valence-electron chi connectivity index (χ4n) is 3.23. The van der Waals surface area contributed by atoms with E-state index in [0.29, 0.717) is 39.0 Å². The number of rotatable bonds is 5. The minimum atomic E-state index is -3.63. The number of thiophene rings is 1. The molecular weight excluding hydrogens is 386 g/mol. The molecule has 1 aromatic rings. The summed E-state index contributed by atoms with van der Waals surface area (Å²) in [5, 5.41) is 15.7. The van der Waals surface area contributed by atoms with Crippen molar-refractivity contribution < 1.29 is 18.3 Å². The van der Waals surface area contributed by atoms with Crippen LogP contribution in [0.5, 0.6) is 0 Å². The molecule has 0 radical (unpaired) electrons. The van der Waals surface area contributed by atoms with Gasteiger partial charge < -0.3 is 15.7 Å². The zero-order valence-corrected chi connectivity index (χ0v) is 16.4. The van der Waals surface area contributed by atoms with E-state index >= 15 is 0 Å². The molecule has 3 atom stereocenters. The Morgan fingerprint density at radius 3 is 2.80 bits per heavy atom. The highest BCUT2D eigenvalue weighted by Gasteiger charge is 2.40. The Hall–Kier alpha value is -0.710. The molecule has 0 aromatic carbocycles. The molecule has 0 spiro atoms. The quantitative estimate of drug-likeness (QED) is 0.650. The third-order valence-electron chi connectivity index (χ3n) is 4.63. The second-order valence-corrected chi connectivity index (χ2v) is 9.77. The number of hydrogen-bond donors (Lipinski definition) is 3. The smallest absolute Gasteiger partial charge is 0.253 e. The number of amides is 1. The van der Waals surface area contributed by atoms with E-state index < -0.39 is 22.2 Å². The summed E-state index contributed by atoms with van der Waals surface area (Å²) in [6, 6.07) is 2.71. The molecule has 3 heterocycles. The van der Waals surface area contributed by atoms with Crippen molar-refractivity contribution in [3.05, 3.63) is 17.0 Å². The van der Waals surface area contributed by atoms with Gasteiger partial charge in [-0.25, -0.2) is 8.42 Å². The number of aliphatic hydroxyl groups is 1. The summed E-state index contributed by atoms with van der Waals surface area (Å²) >= 11 is 1.23. The van der Waals surface area contributed by atoms with Gasteiger partial charge in [-0.3, -0.25) is 4.79 Å². The topological polar surface area (TPSA) is 98.7 Å². The van der Waals surface area contributed by atoms with E-state index in [4.69, 9.17) is 0 Å². The van der Waals surface area contributed by atoms with Crippen LogP contribution in [0.3, 0.4) is 0 Å². The van der Waals surface area contributed by atoms with Crippen molar-refractivity contribution in [1.29, 1.82) is 0 Å². The fraction of sp³-hybridized carbons (Fsp3) is 0.667. The molecule has 25 heavy (non-hydrogen) atoms. The Kier molecular flexibility index (Phi) is 6.86. The van der Waals surface area contributed by atoms with Gasteiger partial charge in [0.25, 0.3) is 10.0 Å². The van der Waals surface area contributed by atoms with Crippen molar-refractivity contribution in [2.45, 2.75) is 36.1 Å². The molecule has 2 fully saturated rings. The standard InChI is InChI=1S/C15H23N3O4S2.ClH/c1-10-4-5-14(23-10)24(21,22)18-6-2-3-12(18)15(20)17-8-11-7-16-9-13(11)19;/h4-5,11-13,16,19H,2-3,6-9H2,1H3,(H,17,20);1H. The van der Waals surface area contributed by atoms with E-state index in [-0.39, 0.29) is 28.4 Å². The van der Waals surface area contributed by atoms with Gasteiger partial charge in [0.05, 0.1) is 6.10 Å². The average molecular weight is 410 g/mol. The van der Waals surface area contributed by atoms with Crippen LogP contribution in [0.4, 0.5) is 0 Å². The van der Waals surface area contributed by atoms with Crippen LogP contribution < -0.4 is 10.6 Å². The van der Waals surface area contributed by atoms with Crippen molar-refractivity contribution in [3.8, 4) is 0 Å². The summed E-state index contributed by atoms with van der Waals surface area (Å²) in [6.45, 7) is 3.77. The van der Waals surface area contributed by atoms with Crippen LogP contribution in [0, 0.1) is 12.8 Å². The summed E-state index contributed by atoms with van der Waals surface area (Å²) in [4.78, 5) is 13.4. The first-order chi connectivity index (χ1) is 11.4. The number of nitrogens with one attached hydrogen (secondary N) is 2. The Bertz CT molecular complexity index is 709. The lowest BCUT2D eigenvalue weighted by Crippen LogP contribution is -2.47. The van der Waals surface area contributed by atoms with Gasteiger partial charge in [0.2, 0.25) is 5.91 Å². The summed E-state index contributed by atoms with van der Waals surface area (Å²) in [5.74, 6) is -0.302. The van der Waals surface area contributed by atoms with E-state index in [9.17, 15) is 18.3 Å². The predicted octanol–water partition coefficient (Wildman–Crippen LogP) is 0.328. The molecule has 3 rings (SSSR count). The molecule has 1 aromatic heterocycles. The highest BCUT2D eigenvalue weighted by Crippen LogP contribution is 2.30. The highest BCUT2D eigenvalue weighted by atomic mass is 35.5. The van der Waals surface area contributed by atoms with Gasteiger partial charge >= 0.3 is 0 Å². The van der Waals surface area contributed by atoms with Crippen molar-refractivity contribution in [3.63, 3.8) is 0 Å². The molecule has 2 aliphatic rings. The third kappa shape index (κ3) is 4.35. The van der Waals surface area contributed by atoms with Crippen LogP contribution in [0.25, 0.3) is 0 Å². The Labute approximate surface area is 158 Å². The summed E-state index contributed by atoms with van der Waals surface area (Å²) in [7, 11) is -3.63. The molecule has 10 heteroatoms. The van der Waals surface area contributed by atoms with Gasteiger partial charge in [-0.05, 0) is 31.9 Å². The Morgan fingerprint density at radius 1 is 1.44 bits per heavy atom. The monoisotopic (exact) mass is 409 g/mol. The first kappa shape index (κ1) is 20.6. The number of β-amino-alcohol motifs (C(OH)–C–C–N with tert-alkyl or cyclic N) is 1. The molecule has 0 saturated carbocycles. The number of sulfonamides is 1. The molecule has 3 N–H and O–H groups in total. The number of halogens is 1. The Balaban J connectivity index is 0.00000225. The number of carbonyl (C=O) groups is 1. The largest absolute Gasteiger partial charge is 0.391 e. The second kappa shape index (κ2) is 8.32. The summed E-state index contributed by atoms with van der Waals surface area (Å²) in [6.07, 6.45) is 0.735. The summed E-state index contributed by atoms with van der Waals surface area (Å²) < 4.78 is 27.2. The van der Waals surface area contributed by atoms with Crippen LogP contribution in [0.1, 0.15) is 17.7 Å². The Morgan fingerprint density at radius 2 is 2.20 bits per heavy atom. The van der Waals surface area contributed by atoms with Crippen molar-refractivity contribution >= 4 is 39.7 Å². The van der Waals surface area contributed by atoms with Gasteiger partial charge in [-0.15, -0.1) is 23.7 Å². The van der Waals surface area contributed by atoms with E-state index in [1.165, 1.54) is 15.6 Å². The van der Waals surface area contributed by atoms with Crippen LogP contribution in [0.15, 0.2) is 16.3 Å². The summed E-state index contributed by atoms with van der Waals surface area (Å²) in [5.41, 5.74) is 0. The predicted molar refractivity (Wildman–Crippen MR) is 98.6 cm³/mol. The molecule has 142 valence electrons. The van der Waals surface area contributed by atoms with E-state index in [2.05, 4.69) is 10.6 Å². The van der Waals surface area contributed by atoms with Gasteiger partial charge in [0.1, 0.15) is 10.3 Å². The normalized spacial score (nSPS) is 27.2. The maximum Gasteiger partial charge on any atom is 0.253 e. The zero-order valence-electron chi connectivity index (χ0n) is 14.0. The number of aryl methyl sites for hydroxylation is 1. The molecule has 7 nitrogen and oxygen atoms in total. The number of aliphatic hydroxyl groups excluding tert-OH is 1. The number of carbonyl (C=O) groups excluding carboxylic acids is 1. The van der Waals surface area contributed by atoms with Crippen molar-refractivity contribution in [2.24, 2.45) is 5.92 Å². The van der Waals surface area contributed by atoms with E-state index in [1.807, 2.05) is 6.92 Å². The molecular formula is C15H24ClN3O4S2. The van der Waals surface area contributed by atoms with Crippen LogP contribution in [0.2, 0.25) is 0 Å². The van der Waals surface area contributed by atoms with Gasteiger partial charge in [-0.2, -0.15) is 4.31 Å². The molecule has 0 aliphatic carbocycles. The average Bonchev–Trinajstić information content (AvgIpc) is 3.25. The van der Waals surface area contributed by atoms with E-state index in [1.54, 1.807) is 12.1 Å². The molecule has 2 aliphatic heterocycles. The minimum Gasteiger partial charge on any atom is -0.391 e. The van der Waals surface area contributed by atoms with Gasteiger partial charge in [-0.1, -0.05) is 0 Å². The molecule has 2 saturated heterocycles. The maximum atomic E-state index is 12.8. The lowest BCUT2D eigenvalue weighted by Gasteiger charge is -2.23. The maximum absolute atomic E-state index is 12.8. The molecule has 3 unspecified atom stereocenters. The van der Waals surface area contributed by atoms with Gasteiger partial charge in [0.15, 0.2) is 0 Å². The van der Waals surface area contributed by atoms with Crippen LogP contribution in [-0.2, 0) is 14.8 Å². The number of hydrogen-bond acceptors (Lipinski definition) is 6. The molecule has 0 bridgehead atoms. The van der Waals surface area contributed by atoms with E-state index in [0.717, 1.165) is 4.88 Å². The lowest BCUT2D eigenvalue weighted by molar-refractivity contribution is -0.124. The lowest BCUT2D eigenvalue weighted by atomic mass is 10.1. The molecule has 1 amide bonds. The first-order valence-electron chi connectivity index (χ1n) is 8.14. The zero-order chi connectivity index (χ0) is 17.3. The van der Waals surface area contributed by atoms with Crippen molar-refractivity contribution in [2.75, 3.05) is 26.2 Å². The second-order valence-electron chi connectivity index (χ2n) is 6.37. The minimum absolute atomic E-state index is 0. The number of nitrogens with zero attached hydrogens (tertiary/aromatic N) is 1. The SMILES string of the molecule is Cc1ccc(S(=O)(=O)N2CCCC2C(=O)NCC2CNCC2O)s1.Cl. The van der Waals surface area contributed by atoms with Crippen molar-refractivity contribution in [1.82, 2.24) is 14.9 Å². The third-order valence-corrected chi connectivity index (χ3v) is 8.00. The van der Waals surface area contributed by atoms with Crippen LogP contribution >= 0.6 is 23.7 Å². The van der Waals surface area contributed by atoms with Crippen LogP contribution in [-0.4, -0.2) is 62.1 Å². The highest BCUT2D eigenvalue weighted by molar-refractivity contribution is 7.91. The first-order valence-corrected chi connectivity index (χ1v) is 10.4. The fourth-order valence-corrected chi connectivity index (χ4v) is 6.30.